The molecule has 42 heavy (non-hydrogen) atoms. The zero-order valence-electron chi connectivity index (χ0n) is 22.6. The maximum absolute atomic E-state index is 15.1. The molecule has 1 N–H and O–H groups in total. The topological polar surface area (TPSA) is 86.8 Å². The molecule has 0 aliphatic rings. The van der Waals surface area contributed by atoms with Crippen molar-refractivity contribution in [2.24, 2.45) is 0 Å². The lowest BCUT2D eigenvalue weighted by atomic mass is 10.0. The van der Waals surface area contributed by atoms with Crippen LogP contribution in [0.4, 0.5) is 10.1 Å². The van der Waals surface area contributed by atoms with Gasteiger partial charge in [-0.25, -0.2) is 12.8 Å². The molecule has 0 spiro atoms. The largest absolute Gasteiger partial charge is 0.357 e. The van der Waals surface area contributed by atoms with Gasteiger partial charge in [-0.05, 0) is 47.5 Å². The van der Waals surface area contributed by atoms with E-state index in [1.165, 1.54) is 54.4 Å². The SMILES string of the molecule is CNC(=O)[C@@H](Cc1ccccc1)N(Cc1ccc(Cl)c(Cl)c1)C(=O)CN(c1ccccc1F)S(=O)(=O)c1ccccc1. The number of hydrogen-bond acceptors (Lipinski definition) is 4. The lowest BCUT2D eigenvalue weighted by Crippen LogP contribution is -2.53. The molecule has 0 radical (unpaired) electrons. The van der Waals surface area contributed by atoms with Crippen molar-refractivity contribution in [1.82, 2.24) is 10.2 Å². The summed E-state index contributed by atoms with van der Waals surface area (Å²) in [6.07, 6.45) is 0.138. The second kappa shape index (κ2) is 13.8. The number of anilines is 1. The Balaban J connectivity index is 1.80. The van der Waals surface area contributed by atoms with E-state index in [1.54, 1.807) is 24.3 Å². The summed E-state index contributed by atoms with van der Waals surface area (Å²) < 4.78 is 43.4. The highest BCUT2D eigenvalue weighted by molar-refractivity contribution is 7.92. The Bertz CT molecular complexity index is 1660. The van der Waals surface area contributed by atoms with E-state index in [0.717, 1.165) is 15.9 Å². The Kier molecular flexibility index (Phi) is 10.2. The average Bonchev–Trinajstić information content (AvgIpc) is 3.00. The van der Waals surface area contributed by atoms with E-state index in [1.807, 2.05) is 30.3 Å². The number of likely N-dealkylation sites (N-methyl/N-ethyl adjacent to an activating group) is 1. The molecule has 4 aromatic rings. The number of nitrogens with zero attached hydrogens (tertiary/aromatic N) is 2. The number of halogens is 3. The third kappa shape index (κ3) is 7.28. The van der Waals surface area contributed by atoms with Gasteiger partial charge in [-0.15, -0.1) is 0 Å². The van der Waals surface area contributed by atoms with E-state index in [2.05, 4.69) is 5.32 Å². The highest BCUT2D eigenvalue weighted by Crippen LogP contribution is 2.28. The van der Waals surface area contributed by atoms with Crippen molar-refractivity contribution in [1.29, 1.82) is 0 Å². The van der Waals surface area contributed by atoms with E-state index in [0.29, 0.717) is 10.6 Å². The molecule has 0 heterocycles. The monoisotopic (exact) mass is 627 g/mol. The average molecular weight is 629 g/mol. The molecule has 218 valence electrons. The zero-order chi connectivity index (χ0) is 30.3. The van der Waals surface area contributed by atoms with Gasteiger partial charge in [0.2, 0.25) is 11.8 Å². The normalized spacial score (nSPS) is 11.9. The summed E-state index contributed by atoms with van der Waals surface area (Å²) in [5.41, 5.74) is 1.03. The van der Waals surface area contributed by atoms with Crippen LogP contribution < -0.4 is 9.62 Å². The molecule has 0 bridgehead atoms. The summed E-state index contributed by atoms with van der Waals surface area (Å²) in [5.74, 6) is -2.02. The van der Waals surface area contributed by atoms with Crippen molar-refractivity contribution < 1.29 is 22.4 Å². The van der Waals surface area contributed by atoms with Crippen LogP contribution >= 0.6 is 23.2 Å². The van der Waals surface area contributed by atoms with Crippen LogP contribution in [-0.4, -0.2) is 44.8 Å². The fourth-order valence-corrected chi connectivity index (χ4v) is 6.21. The molecule has 11 heteroatoms. The number of sulfonamides is 1. The van der Waals surface area contributed by atoms with Gasteiger partial charge in [0.15, 0.2) is 0 Å². The summed E-state index contributed by atoms with van der Waals surface area (Å²) >= 11 is 12.3. The predicted octanol–water partition coefficient (Wildman–Crippen LogP) is 5.71. The maximum Gasteiger partial charge on any atom is 0.264 e. The lowest BCUT2D eigenvalue weighted by Gasteiger charge is -2.33. The first-order valence-electron chi connectivity index (χ1n) is 12.9. The van der Waals surface area contributed by atoms with Crippen LogP contribution in [0.15, 0.2) is 108 Å². The highest BCUT2D eigenvalue weighted by Gasteiger charge is 2.35. The first-order valence-corrected chi connectivity index (χ1v) is 15.1. The maximum atomic E-state index is 15.1. The summed E-state index contributed by atoms with van der Waals surface area (Å²) in [4.78, 5) is 28.6. The van der Waals surface area contributed by atoms with Crippen LogP contribution in [-0.2, 0) is 32.6 Å². The number of para-hydroxylation sites is 1. The van der Waals surface area contributed by atoms with Crippen LogP contribution in [0.5, 0.6) is 0 Å². The molecular formula is C31H28Cl2FN3O4S. The Labute approximate surface area is 254 Å². The number of amides is 2. The van der Waals surface area contributed by atoms with Gasteiger partial charge in [0.05, 0.1) is 20.6 Å². The lowest BCUT2D eigenvalue weighted by molar-refractivity contribution is -0.139. The van der Waals surface area contributed by atoms with Gasteiger partial charge in [0.25, 0.3) is 10.0 Å². The van der Waals surface area contributed by atoms with Crippen LogP contribution in [0.25, 0.3) is 0 Å². The van der Waals surface area contributed by atoms with E-state index in [4.69, 9.17) is 23.2 Å². The molecule has 0 unspecified atom stereocenters. The standard InChI is InChI=1S/C31H28Cl2FN3O4S/c1-35-31(39)29(19-22-10-4-2-5-11-22)36(20-23-16-17-25(32)26(33)18-23)30(38)21-37(28-15-9-8-14-27(28)34)42(40,41)24-12-6-3-7-13-24/h2-18,29H,19-21H2,1H3,(H,35,39)/t29-/m1/s1. The second-order valence-electron chi connectivity index (χ2n) is 9.37. The highest BCUT2D eigenvalue weighted by atomic mass is 35.5. The molecule has 0 saturated carbocycles. The summed E-state index contributed by atoms with van der Waals surface area (Å²) in [5, 5.41) is 3.17. The minimum Gasteiger partial charge on any atom is -0.357 e. The van der Waals surface area contributed by atoms with Gasteiger partial charge in [-0.1, -0.05) is 89.9 Å². The Morgan fingerprint density at radius 3 is 2.07 bits per heavy atom. The fourth-order valence-electron chi connectivity index (χ4n) is 4.44. The number of benzene rings is 4. The molecule has 1 atom stereocenters. The third-order valence-corrected chi connectivity index (χ3v) is 9.10. The van der Waals surface area contributed by atoms with Gasteiger partial charge < -0.3 is 10.2 Å². The first-order chi connectivity index (χ1) is 20.1. The van der Waals surface area contributed by atoms with Crippen LogP contribution in [0.3, 0.4) is 0 Å². The minimum atomic E-state index is -4.39. The Morgan fingerprint density at radius 1 is 0.833 bits per heavy atom. The first kappa shape index (κ1) is 31.0. The van der Waals surface area contributed by atoms with E-state index in [9.17, 15) is 18.0 Å². The summed E-state index contributed by atoms with van der Waals surface area (Å²) in [6.45, 7) is -0.876. The predicted molar refractivity (Wildman–Crippen MR) is 162 cm³/mol. The molecule has 0 aromatic heterocycles. The Hall–Kier alpha value is -3.92. The van der Waals surface area contributed by atoms with Crippen molar-refractivity contribution >= 4 is 50.7 Å². The van der Waals surface area contributed by atoms with E-state index in [-0.39, 0.29) is 28.6 Å². The van der Waals surface area contributed by atoms with Crippen molar-refractivity contribution in [3.05, 3.63) is 130 Å². The van der Waals surface area contributed by atoms with Gasteiger partial charge in [0, 0.05) is 20.0 Å². The number of hydrogen-bond donors (Lipinski definition) is 1. The van der Waals surface area contributed by atoms with E-state index >= 15 is 4.39 Å². The molecular weight excluding hydrogens is 600 g/mol. The second-order valence-corrected chi connectivity index (χ2v) is 12.0. The number of carbonyl (C=O) groups excluding carboxylic acids is 2. The zero-order valence-corrected chi connectivity index (χ0v) is 24.9. The van der Waals surface area contributed by atoms with Gasteiger partial charge >= 0.3 is 0 Å². The van der Waals surface area contributed by atoms with Gasteiger partial charge in [-0.2, -0.15) is 0 Å². The molecule has 0 aliphatic carbocycles. The van der Waals surface area contributed by atoms with Crippen molar-refractivity contribution in [3.8, 4) is 0 Å². The smallest absolute Gasteiger partial charge is 0.264 e. The molecule has 7 nitrogen and oxygen atoms in total. The van der Waals surface area contributed by atoms with Crippen LogP contribution in [0, 0.1) is 5.82 Å². The van der Waals surface area contributed by atoms with E-state index < -0.39 is 40.2 Å². The van der Waals surface area contributed by atoms with Crippen molar-refractivity contribution in [2.75, 3.05) is 17.9 Å². The molecule has 4 aromatic carbocycles. The quantitative estimate of drug-likeness (QED) is 0.231. The molecule has 4 rings (SSSR count). The molecule has 0 aliphatic heterocycles. The van der Waals surface area contributed by atoms with Crippen LogP contribution in [0.2, 0.25) is 10.0 Å². The van der Waals surface area contributed by atoms with Crippen molar-refractivity contribution in [2.45, 2.75) is 23.9 Å². The summed E-state index contributed by atoms with van der Waals surface area (Å²) in [6, 6.07) is 25.6. The number of nitrogens with one attached hydrogen (secondary N) is 1. The molecule has 0 fully saturated rings. The van der Waals surface area contributed by atoms with Crippen LogP contribution in [0.1, 0.15) is 11.1 Å². The number of rotatable bonds is 11. The third-order valence-electron chi connectivity index (χ3n) is 6.59. The van der Waals surface area contributed by atoms with Gasteiger partial charge in [0.1, 0.15) is 18.4 Å². The van der Waals surface area contributed by atoms with Gasteiger partial charge in [-0.3, -0.25) is 13.9 Å². The van der Waals surface area contributed by atoms with Crippen molar-refractivity contribution in [3.63, 3.8) is 0 Å². The number of carbonyl (C=O) groups is 2. The summed E-state index contributed by atoms with van der Waals surface area (Å²) in [7, 11) is -2.94. The minimum absolute atomic E-state index is 0.100. The molecule has 2 amide bonds. The fraction of sp³-hybridized carbons (Fsp3) is 0.161. The molecule has 0 saturated heterocycles. The Morgan fingerprint density at radius 2 is 1.45 bits per heavy atom.